The van der Waals surface area contributed by atoms with Crippen LogP contribution in [0.25, 0.3) is 0 Å². The summed E-state index contributed by atoms with van der Waals surface area (Å²) in [5.74, 6) is 0.789. The highest BCUT2D eigenvalue weighted by Crippen LogP contribution is 2.24. The van der Waals surface area contributed by atoms with Crippen LogP contribution in [0.1, 0.15) is 31.1 Å². The molecule has 0 bridgehead atoms. The van der Waals surface area contributed by atoms with E-state index in [4.69, 9.17) is 4.74 Å². The predicted octanol–water partition coefficient (Wildman–Crippen LogP) is 5.44. The molecule has 33 heavy (non-hydrogen) atoms. The summed E-state index contributed by atoms with van der Waals surface area (Å²) >= 11 is 0. The highest BCUT2D eigenvalue weighted by molar-refractivity contribution is 6.07. The monoisotopic (exact) mass is 445 g/mol. The molecule has 6 nitrogen and oxygen atoms in total. The van der Waals surface area contributed by atoms with Crippen molar-refractivity contribution in [3.05, 3.63) is 84.4 Å². The van der Waals surface area contributed by atoms with E-state index < -0.39 is 0 Å². The van der Waals surface area contributed by atoms with Crippen molar-refractivity contribution in [2.45, 2.75) is 20.8 Å². The van der Waals surface area contributed by atoms with Crippen LogP contribution in [0.4, 0.5) is 17.1 Å². The summed E-state index contributed by atoms with van der Waals surface area (Å²) in [6.07, 6.45) is 0. The van der Waals surface area contributed by atoms with Crippen LogP contribution in [0.5, 0.6) is 5.75 Å². The Hall–Kier alpha value is -3.80. The lowest BCUT2D eigenvalue weighted by molar-refractivity contribution is -0.114. The van der Waals surface area contributed by atoms with Gasteiger partial charge in [0, 0.05) is 23.5 Å². The smallest absolute Gasteiger partial charge is 0.258 e. The number of hydrogen-bond acceptors (Lipinski definition) is 4. The van der Waals surface area contributed by atoms with Crippen molar-refractivity contribution >= 4 is 28.9 Å². The number of benzene rings is 3. The van der Waals surface area contributed by atoms with Gasteiger partial charge < -0.3 is 20.3 Å². The van der Waals surface area contributed by atoms with E-state index in [2.05, 4.69) is 24.5 Å². The molecule has 0 aliphatic rings. The molecule has 0 saturated carbocycles. The second kappa shape index (κ2) is 11.7. The van der Waals surface area contributed by atoms with E-state index >= 15 is 0 Å². The lowest BCUT2D eigenvalue weighted by Crippen LogP contribution is -2.30. The van der Waals surface area contributed by atoms with Gasteiger partial charge in [-0.25, -0.2) is 0 Å². The molecule has 0 aromatic heterocycles. The second-order valence-electron chi connectivity index (χ2n) is 8.07. The van der Waals surface area contributed by atoms with Crippen LogP contribution in [0.3, 0.4) is 0 Å². The Kier molecular flexibility index (Phi) is 8.47. The molecule has 3 aromatic rings. The van der Waals surface area contributed by atoms with Crippen LogP contribution < -0.4 is 20.3 Å². The van der Waals surface area contributed by atoms with E-state index in [0.29, 0.717) is 36.1 Å². The topological polar surface area (TPSA) is 70.7 Å². The molecule has 6 heteroatoms. The predicted molar refractivity (Wildman–Crippen MR) is 134 cm³/mol. The molecule has 0 atom stereocenters. The number of nitrogens with zero attached hydrogens (tertiary/aromatic N) is 1. The third kappa shape index (κ3) is 6.84. The van der Waals surface area contributed by atoms with Gasteiger partial charge in [-0.15, -0.1) is 0 Å². The molecule has 3 aromatic carbocycles. The molecule has 172 valence electrons. The summed E-state index contributed by atoms with van der Waals surface area (Å²) in [6.45, 7) is 7.32. The standard InChI is InChI=1S/C27H31N3O3/c1-4-30(23-13-6-5-7-14-23)27(32)21-11-10-12-22(17-21)29-26(31)18-28-24-15-8-9-16-25(24)33-19-20(2)3/h5-17,20,28H,4,18-19H2,1-3H3,(H,29,31). The Morgan fingerprint density at radius 2 is 1.67 bits per heavy atom. The van der Waals surface area contributed by atoms with Crippen molar-refractivity contribution in [1.82, 2.24) is 0 Å². The Bertz CT molecular complexity index is 1070. The van der Waals surface area contributed by atoms with E-state index in [9.17, 15) is 9.59 Å². The zero-order valence-corrected chi connectivity index (χ0v) is 19.4. The van der Waals surface area contributed by atoms with Crippen molar-refractivity contribution in [1.29, 1.82) is 0 Å². The number of para-hydroxylation sites is 3. The number of ether oxygens (including phenoxy) is 1. The Balaban J connectivity index is 1.63. The van der Waals surface area contributed by atoms with E-state index in [1.807, 2.05) is 61.5 Å². The molecule has 0 saturated heterocycles. The minimum absolute atomic E-state index is 0.0747. The number of nitrogens with one attached hydrogen (secondary N) is 2. The first-order valence-electron chi connectivity index (χ1n) is 11.2. The second-order valence-corrected chi connectivity index (χ2v) is 8.07. The van der Waals surface area contributed by atoms with Gasteiger partial charge in [-0.3, -0.25) is 9.59 Å². The average Bonchev–Trinajstić information content (AvgIpc) is 2.83. The molecule has 0 radical (unpaired) electrons. The fourth-order valence-electron chi connectivity index (χ4n) is 3.31. The summed E-state index contributed by atoms with van der Waals surface area (Å²) in [5.41, 5.74) is 2.68. The summed E-state index contributed by atoms with van der Waals surface area (Å²) in [6, 6.07) is 24.1. The van der Waals surface area contributed by atoms with Crippen LogP contribution in [0, 0.1) is 5.92 Å². The lowest BCUT2D eigenvalue weighted by Gasteiger charge is -2.21. The summed E-state index contributed by atoms with van der Waals surface area (Å²) in [5, 5.41) is 5.99. The third-order valence-electron chi connectivity index (χ3n) is 4.92. The van der Waals surface area contributed by atoms with Gasteiger partial charge in [0.2, 0.25) is 5.91 Å². The van der Waals surface area contributed by atoms with Gasteiger partial charge in [0.05, 0.1) is 18.8 Å². The first-order valence-corrected chi connectivity index (χ1v) is 11.2. The van der Waals surface area contributed by atoms with Crippen LogP contribution in [-0.2, 0) is 4.79 Å². The summed E-state index contributed by atoms with van der Waals surface area (Å²) in [4.78, 5) is 27.3. The maximum absolute atomic E-state index is 13.1. The zero-order valence-electron chi connectivity index (χ0n) is 19.4. The van der Waals surface area contributed by atoms with Crippen LogP contribution in [0.15, 0.2) is 78.9 Å². The summed E-state index contributed by atoms with van der Waals surface area (Å²) < 4.78 is 5.82. The number of carbonyl (C=O) groups is 2. The number of anilines is 3. The highest BCUT2D eigenvalue weighted by Gasteiger charge is 2.16. The first kappa shape index (κ1) is 23.9. The van der Waals surface area contributed by atoms with Crippen molar-refractivity contribution in [3.8, 4) is 5.75 Å². The minimum atomic E-state index is -0.214. The average molecular weight is 446 g/mol. The summed E-state index contributed by atoms with van der Waals surface area (Å²) in [7, 11) is 0. The first-order chi connectivity index (χ1) is 16.0. The number of hydrogen-bond donors (Lipinski definition) is 2. The van der Waals surface area contributed by atoms with Gasteiger partial charge in [-0.1, -0.05) is 50.2 Å². The van der Waals surface area contributed by atoms with Gasteiger partial charge in [-0.2, -0.15) is 0 Å². The van der Waals surface area contributed by atoms with Gasteiger partial charge in [0.15, 0.2) is 0 Å². The molecular formula is C27H31N3O3. The van der Waals surface area contributed by atoms with E-state index in [1.54, 1.807) is 29.2 Å². The molecule has 0 fully saturated rings. The largest absolute Gasteiger partial charge is 0.491 e. The fraction of sp³-hybridized carbons (Fsp3) is 0.259. The van der Waals surface area contributed by atoms with Gasteiger partial charge >= 0.3 is 0 Å². The third-order valence-corrected chi connectivity index (χ3v) is 4.92. The van der Waals surface area contributed by atoms with Crippen LogP contribution >= 0.6 is 0 Å². The van der Waals surface area contributed by atoms with Gasteiger partial charge in [0.1, 0.15) is 5.75 Å². The number of rotatable bonds is 10. The molecule has 0 spiro atoms. The Morgan fingerprint density at radius 3 is 2.39 bits per heavy atom. The maximum atomic E-state index is 13.1. The molecule has 2 N–H and O–H groups in total. The fourth-order valence-corrected chi connectivity index (χ4v) is 3.31. The van der Waals surface area contributed by atoms with Crippen LogP contribution in [-0.4, -0.2) is 31.5 Å². The molecule has 2 amide bonds. The lowest BCUT2D eigenvalue weighted by atomic mass is 10.1. The molecule has 0 unspecified atom stereocenters. The molecule has 0 aliphatic carbocycles. The normalized spacial score (nSPS) is 10.5. The van der Waals surface area contributed by atoms with E-state index in [1.165, 1.54) is 0 Å². The molecule has 0 aliphatic heterocycles. The quantitative estimate of drug-likeness (QED) is 0.436. The van der Waals surface area contributed by atoms with Crippen molar-refractivity contribution < 1.29 is 14.3 Å². The van der Waals surface area contributed by atoms with Gasteiger partial charge in [-0.05, 0) is 55.3 Å². The van der Waals surface area contributed by atoms with Crippen molar-refractivity contribution in [2.24, 2.45) is 5.92 Å². The van der Waals surface area contributed by atoms with Crippen LogP contribution in [0.2, 0.25) is 0 Å². The zero-order chi connectivity index (χ0) is 23.6. The Morgan fingerprint density at radius 1 is 0.939 bits per heavy atom. The van der Waals surface area contributed by atoms with Crippen molar-refractivity contribution in [2.75, 3.05) is 35.2 Å². The maximum Gasteiger partial charge on any atom is 0.258 e. The minimum Gasteiger partial charge on any atom is -0.491 e. The Labute approximate surface area is 195 Å². The van der Waals surface area contributed by atoms with E-state index in [0.717, 1.165) is 11.4 Å². The number of amides is 2. The number of carbonyl (C=O) groups excluding carboxylic acids is 2. The molecule has 3 rings (SSSR count). The molecular weight excluding hydrogens is 414 g/mol. The van der Waals surface area contributed by atoms with Gasteiger partial charge in [0.25, 0.3) is 5.91 Å². The van der Waals surface area contributed by atoms with Crippen molar-refractivity contribution in [3.63, 3.8) is 0 Å². The highest BCUT2D eigenvalue weighted by atomic mass is 16.5. The van der Waals surface area contributed by atoms with E-state index in [-0.39, 0.29) is 18.4 Å². The SMILES string of the molecule is CCN(C(=O)c1cccc(NC(=O)CNc2ccccc2OCC(C)C)c1)c1ccccc1. The molecule has 0 heterocycles.